The van der Waals surface area contributed by atoms with Gasteiger partial charge in [-0.15, -0.1) is 0 Å². The van der Waals surface area contributed by atoms with Crippen LogP contribution < -0.4 is 10.6 Å². The summed E-state index contributed by atoms with van der Waals surface area (Å²) in [4.78, 5) is 22.3. The molecule has 1 aromatic heterocycles. The molecule has 1 aromatic rings. The number of furan rings is 1. The van der Waals surface area contributed by atoms with Gasteiger partial charge in [0.25, 0.3) is 0 Å². The van der Waals surface area contributed by atoms with E-state index in [0.717, 1.165) is 29.9 Å². The number of carbonyl (C=O) groups excluding carboxylic acids is 1. The molecule has 0 spiro atoms. The maximum Gasteiger partial charge on any atom is 0.315 e. The van der Waals surface area contributed by atoms with Crippen molar-refractivity contribution in [3.8, 4) is 0 Å². The second-order valence-corrected chi connectivity index (χ2v) is 6.38. The molecule has 1 atom stereocenters. The van der Waals surface area contributed by atoms with E-state index in [2.05, 4.69) is 24.5 Å². The third kappa shape index (κ3) is 4.00. The fourth-order valence-electron chi connectivity index (χ4n) is 2.81. The van der Waals surface area contributed by atoms with Crippen LogP contribution in [-0.2, 0) is 11.2 Å². The highest BCUT2D eigenvalue weighted by Gasteiger charge is 2.35. The SMILES string of the molecule is Cc1cc2c(o1)CC(C)(C)CC2NC(=O)NCCC(=O)O. The molecule has 116 valence electrons. The van der Waals surface area contributed by atoms with Gasteiger partial charge in [-0.25, -0.2) is 4.79 Å². The number of hydrogen-bond donors (Lipinski definition) is 3. The van der Waals surface area contributed by atoms with E-state index in [9.17, 15) is 9.59 Å². The third-order valence-corrected chi connectivity index (χ3v) is 3.67. The lowest BCUT2D eigenvalue weighted by molar-refractivity contribution is -0.136. The van der Waals surface area contributed by atoms with Crippen LogP contribution in [0.2, 0.25) is 0 Å². The maximum atomic E-state index is 11.9. The Balaban J connectivity index is 2.02. The van der Waals surface area contributed by atoms with Gasteiger partial charge in [-0.3, -0.25) is 4.79 Å². The molecule has 0 saturated heterocycles. The van der Waals surface area contributed by atoms with E-state index >= 15 is 0 Å². The monoisotopic (exact) mass is 294 g/mol. The van der Waals surface area contributed by atoms with Gasteiger partial charge in [-0.1, -0.05) is 13.8 Å². The molecule has 0 radical (unpaired) electrons. The fourth-order valence-corrected chi connectivity index (χ4v) is 2.81. The zero-order valence-electron chi connectivity index (χ0n) is 12.7. The first kappa shape index (κ1) is 15.4. The minimum Gasteiger partial charge on any atom is -0.481 e. The van der Waals surface area contributed by atoms with Gasteiger partial charge in [-0.05, 0) is 24.8 Å². The number of fused-ring (bicyclic) bond motifs is 1. The Morgan fingerprint density at radius 2 is 2.19 bits per heavy atom. The first-order valence-corrected chi connectivity index (χ1v) is 7.12. The van der Waals surface area contributed by atoms with Crippen molar-refractivity contribution < 1.29 is 19.1 Å². The molecule has 0 saturated carbocycles. The molecule has 21 heavy (non-hydrogen) atoms. The topological polar surface area (TPSA) is 91.6 Å². The predicted octanol–water partition coefficient (Wildman–Crippen LogP) is 2.38. The molecule has 1 unspecified atom stereocenters. The molecular weight excluding hydrogens is 272 g/mol. The average molecular weight is 294 g/mol. The van der Waals surface area contributed by atoms with Crippen molar-refractivity contribution in [3.05, 3.63) is 23.2 Å². The summed E-state index contributed by atoms with van der Waals surface area (Å²) in [7, 11) is 0. The standard InChI is InChI=1S/C15H22N2O4/c1-9-6-10-11(7-15(2,3)8-12(10)21-9)17-14(20)16-5-4-13(18)19/h6,11H,4-5,7-8H2,1-3H3,(H,18,19)(H2,16,17,20). The Hall–Kier alpha value is -1.98. The summed E-state index contributed by atoms with van der Waals surface area (Å²) < 4.78 is 5.72. The Morgan fingerprint density at radius 3 is 2.86 bits per heavy atom. The van der Waals surface area contributed by atoms with Crippen molar-refractivity contribution in [2.45, 2.75) is 46.1 Å². The number of aliphatic carboxylic acids is 1. The van der Waals surface area contributed by atoms with Crippen LogP contribution in [0, 0.1) is 12.3 Å². The Kier molecular flexibility index (Phi) is 4.25. The van der Waals surface area contributed by atoms with Crippen LogP contribution in [0.1, 0.15) is 49.8 Å². The van der Waals surface area contributed by atoms with Crippen LogP contribution in [0.3, 0.4) is 0 Å². The van der Waals surface area contributed by atoms with Gasteiger partial charge in [0.05, 0.1) is 12.5 Å². The lowest BCUT2D eigenvalue weighted by Gasteiger charge is -2.34. The number of urea groups is 1. The van der Waals surface area contributed by atoms with E-state index in [0.29, 0.717) is 0 Å². The zero-order valence-corrected chi connectivity index (χ0v) is 12.7. The lowest BCUT2D eigenvalue weighted by atomic mass is 9.75. The van der Waals surface area contributed by atoms with Crippen LogP contribution in [0.25, 0.3) is 0 Å². The highest BCUT2D eigenvalue weighted by atomic mass is 16.4. The molecule has 1 heterocycles. The number of carboxylic acids is 1. The van der Waals surface area contributed by atoms with Crippen LogP contribution in [-0.4, -0.2) is 23.7 Å². The van der Waals surface area contributed by atoms with E-state index in [1.807, 2.05) is 13.0 Å². The van der Waals surface area contributed by atoms with Gasteiger partial charge in [0.15, 0.2) is 0 Å². The first-order valence-electron chi connectivity index (χ1n) is 7.12. The summed E-state index contributed by atoms with van der Waals surface area (Å²) in [6.45, 7) is 6.31. The number of rotatable bonds is 4. The summed E-state index contributed by atoms with van der Waals surface area (Å²) in [6.07, 6.45) is 1.60. The maximum absolute atomic E-state index is 11.9. The Morgan fingerprint density at radius 1 is 1.48 bits per heavy atom. The summed E-state index contributed by atoms with van der Waals surface area (Å²) in [5.41, 5.74) is 1.08. The zero-order chi connectivity index (χ0) is 15.6. The molecule has 6 heteroatoms. The van der Waals surface area contributed by atoms with Gasteiger partial charge in [0.2, 0.25) is 0 Å². The summed E-state index contributed by atoms with van der Waals surface area (Å²) in [6, 6.07) is 1.52. The fraction of sp³-hybridized carbons (Fsp3) is 0.600. The van der Waals surface area contributed by atoms with E-state index in [1.54, 1.807) is 0 Å². The molecule has 0 bridgehead atoms. The summed E-state index contributed by atoms with van der Waals surface area (Å²) in [5.74, 6) is 0.845. The first-order chi connectivity index (χ1) is 9.77. The highest BCUT2D eigenvalue weighted by molar-refractivity contribution is 5.75. The smallest absolute Gasteiger partial charge is 0.315 e. The summed E-state index contributed by atoms with van der Waals surface area (Å²) >= 11 is 0. The quantitative estimate of drug-likeness (QED) is 0.795. The minimum atomic E-state index is -0.929. The second kappa shape index (κ2) is 5.79. The molecule has 6 nitrogen and oxygen atoms in total. The van der Waals surface area contributed by atoms with Crippen molar-refractivity contribution in [1.82, 2.24) is 10.6 Å². The molecule has 3 N–H and O–H groups in total. The number of amides is 2. The second-order valence-electron chi connectivity index (χ2n) is 6.38. The van der Waals surface area contributed by atoms with Crippen molar-refractivity contribution in [2.24, 2.45) is 5.41 Å². The summed E-state index contributed by atoms with van der Waals surface area (Å²) in [5, 5.41) is 14.0. The molecule has 2 amide bonds. The Labute approximate surface area is 123 Å². The highest BCUT2D eigenvalue weighted by Crippen LogP contribution is 2.41. The van der Waals surface area contributed by atoms with Gasteiger partial charge < -0.3 is 20.2 Å². The third-order valence-electron chi connectivity index (χ3n) is 3.67. The van der Waals surface area contributed by atoms with Crippen LogP contribution in [0.5, 0.6) is 0 Å². The van der Waals surface area contributed by atoms with E-state index in [4.69, 9.17) is 9.52 Å². The number of carbonyl (C=O) groups is 2. The van der Waals surface area contributed by atoms with Gasteiger partial charge >= 0.3 is 12.0 Å². The van der Waals surface area contributed by atoms with E-state index < -0.39 is 5.97 Å². The molecule has 1 aliphatic rings. The number of carboxylic acid groups (broad SMARTS) is 1. The van der Waals surface area contributed by atoms with Crippen LogP contribution in [0.15, 0.2) is 10.5 Å². The molecule has 2 rings (SSSR count). The van der Waals surface area contributed by atoms with Gasteiger partial charge in [0, 0.05) is 18.5 Å². The normalized spacial score (nSPS) is 19.7. The average Bonchev–Trinajstić information content (AvgIpc) is 2.67. The van der Waals surface area contributed by atoms with Crippen molar-refractivity contribution in [2.75, 3.05) is 6.54 Å². The minimum absolute atomic E-state index is 0.0519. The van der Waals surface area contributed by atoms with E-state index in [1.165, 1.54) is 0 Å². The van der Waals surface area contributed by atoms with Crippen LogP contribution >= 0.6 is 0 Å². The molecule has 0 aromatic carbocycles. The van der Waals surface area contributed by atoms with Gasteiger partial charge in [0.1, 0.15) is 11.5 Å². The lowest BCUT2D eigenvalue weighted by Crippen LogP contribution is -2.42. The van der Waals surface area contributed by atoms with E-state index in [-0.39, 0.29) is 30.5 Å². The largest absolute Gasteiger partial charge is 0.481 e. The van der Waals surface area contributed by atoms with Crippen molar-refractivity contribution >= 4 is 12.0 Å². The number of hydrogen-bond acceptors (Lipinski definition) is 3. The number of aryl methyl sites for hydroxylation is 1. The molecule has 0 aliphatic heterocycles. The van der Waals surface area contributed by atoms with Gasteiger partial charge in [-0.2, -0.15) is 0 Å². The molecule has 0 fully saturated rings. The van der Waals surface area contributed by atoms with Crippen molar-refractivity contribution in [1.29, 1.82) is 0 Å². The molecular formula is C15H22N2O4. The molecule has 1 aliphatic carbocycles. The Bertz CT molecular complexity index is 548. The predicted molar refractivity (Wildman–Crippen MR) is 77.1 cm³/mol. The van der Waals surface area contributed by atoms with Crippen LogP contribution in [0.4, 0.5) is 4.79 Å². The number of nitrogens with one attached hydrogen (secondary N) is 2. The van der Waals surface area contributed by atoms with Crippen molar-refractivity contribution in [3.63, 3.8) is 0 Å².